The third-order valence-electron chi connectivity index (χ3n) is 3.52. The van der Waals surface area contributed by atoms with E-state index < -0.39 is 11.9 Å². The third-order valence-corrected chi connectivity index (χ3v) is 3.77. The highest BCUT2D eigenvalue weighted by Crippen LogP contribution is 2.23. The van der Waals surface area contributed by atoms with E-state index in [1.165, 1.54) is 0 Å². The molecule has 1 N–H and O–H groups in total. The summed E-state index contributed by atoms with van der Waals surface area (Å²) in [5.74, 6) is 0.423. The average molecular weight is 378 g/mol. The minimum atomic E-state index is -0.460. The molecule has 0 fully saturated rings. The van der Waals surface area contributed by atoms with Crippen LogP contribution in [0.3, 0.4) is 0 Å². The summed E-state index contributed by atoms with van der Waals surface area (Å²) in [6, 6.07) is 12.0. The second kappa shape index (κ2) is 9.68. The second-order valence-electron chi connectivity index (χ2n) is 5.44. The molecule has 0 saturated carbocycles. The van der Waals surface area contributed by atoms with Crippen LogP contribution in [0.1, 0.15) is 12.0 Å². The number of carbonyl (C=O) groups is 2. The van der Waals surface area contributed by atoms with Gasteiger partial charge in [-0.25, -0.2) is 0 Å². The highest BCUT2D eigenvalue weighted by atomic mass is 35.5. The van der Waals surface area contributed by atoms with Gasteiger partial charge in [-0.3, -0.25) is 9.59 Å². The molecule has 0 heterocycles. The van der Waals surface area contributed by atoms with Crippen LogP contribution in [-0.2, 0) is 20.7 Å². The number of halogens is 1. The van der Waals surface area contributed by atoms with Gasteiger partial charge in [-0.05, 0) is 48.4 Å². The summed E-state index contributed by atoms with van der Waals surface area (Å²) >= 11 is 5.78. The van der Waals surface area contributed by atoms with Gasteiger partial charge in [0.1, 0.15) is 11.5 Å². The summed E-state index contributed by atoms with van der Waals surface area (Å²) < 4.78 is 15.4. The predicted molar refractivity (Wildman–Crippen MR) is 98.9 cm³/mol. The first kappa shape index (κ1) is 19.6. The number of methoxy groups -OCH3 is 2. The average Bonchev–Trinajstić information content (AvgIpc) is 2.66. The predicted octanol–water partition coefficient (Wildman–Crippen LogP) is 3.47. The number of nitrogens with one attached hydrogen (secondary N) is 1. The Hall–Kier alpha value is -2.73. The van der Waals surface area contributed by atoms with Crippen LogP contribution < -0.4 is 14.8 Å². The molecular formula is C19H20ClNO5. The Labute approximate surface area is 157 Å². The number of carbonyl (C=O) groups excluding carboxylic acids is 2. The molecule has 0 atom stereocenters. The smallest absolute Gasteiger partial charge is 0.306 e. The zero-order chi connectivity index (χ0) is 18.9. The molecule has 0 aliphatic heterocycles. The number of aryl methyl sites for hydroxylation is 1. The Bertz CT molecular complexity index is 739. The summed E-state index contributed by atoms with van der Waals surface area (Å²) in [5.41, 5.74) is 1.46. The van der Waals surface area contributed by atoms with Gasteiger partial charge in [0, 0.05) is 23.2 Å². The summed E-state index contributed by atoms with van der Waals surface area (Å²) in [4.78, 5) is 23.6. The van der Waals surface area contributed by atoms with Crippen molar-refractivity contribution in [2.45, 2.75) is 12.8 Å². The van der Waals surface area contributed by atoms with Crippen molar-refractivity contribution in [1.82, 2.24) is 0 Å². The fourth-order valence-electron chi connectivity index (χ4n) is 2.21. The van der Waals surface area contributed by atoms with Crippen molar-refractivity contribution in [2.24, 2.45) is 0 Å². The van der Waals surface area contributed by atoms with E-state index in [1.54, 1.807) is 44.6 Å². The zero-order valence-electron chi connectivity index (χ0n) is 14.6. The Morgan fingerprint density at radius 1 is 1.00 bits per heavy atom. The Morgan fingerprint density at radius 2 is 1.62 bits per heavy atom. The number of hydrogen-bond acceptors (Lipinski definition) is 5. The SMILES string of the molecule is COc1cc(CCC(=O)OCC(=O)Nc2ccc(Cl)cc2)cc(OC)c1. The lowest BCUT2D eigenvalue weighted by atomic mass is 10.1. The van der Waals surface area contributed by atoms with Gasteiger partial charge in [0.2, 0.25) is 0 Å². The summed E-state index contributed by atoms with van der Waals surface area (Å²) in [6.45, 7) is -0.344. The number of hydrogen-bond donors (Lipinski definition) is 1. The van der Waals surface area contributed by atoms with Gasteiger partial charge in [0.05, 0.1) is 14.2 Å². The molecule has 26 heavy (non-hydrogen) atoms. The second-order valence-corrected chi connectivity index (χ2v) is 5.87. The fraction of sp³-hybridized carbons (Fsp3) is 0.263. The van der Waals surface area contributed by atoms with Crippen molar-refractivity contribution in [1.29, 1.82) is 0 Å². The number of ether oxygens (including phenoxy) is 3. The highest BCUT2D eigenvalue weighted by Gasteiger charge is 2.10. The summed E-state index contributed by atoms with van der Waals surface area (Å²) in [6.07, 6.45) is 0.593. The van der Waals surface area contributed by atoms with Crippen LogP contribution >= 0.6 is 11.6 Å². The van der Waals surface area contributed by atoms with Crippen molar-refractivity contribution in [2.75, 3.05) is 26.1 Å². The molecule has 0 radical (unpaired) electrons. The lowest BCUT2D eigenvalue weighted by Crippen LogP contribution is -2.21. The van der Waals surface area contributed by atoms with E-state index in [0.29, 0.717) is 28.6 Å². The van der Waals surface area contributed by atoms with Crippen LogP contribution in [0.4, 0.5) is 5.69 Å². The van der Waals surface area contributed by atoms with Crippen LogP contribution in [0.25, 0.3) is 0 Å². The fourth-order valence-corrected chi connectivity index (χ4v) is 2.33. The Balaban J connectivity index is 1.78. The maximum Gasteiger partial charge on any atom is 0.306 e. The molecule has 2 aromatic carbocycles. The lowest BCUT2D eigenvalue weighted by Gasteiger charge is -2.09. The van der Waals surface area contributed by atoms with Crippen molar-refractivity contribution in [3.8, 4) is 11.5 Å². The number of anilines is 1. The van der Waals surface area contributed by atoms with Crippen molar-refractivity contribution >= 4 is 29.2 Å². The molecule has 6 nitrogen and oxygen atoms in total. The first-order chi connectivity index (χ1) is 12.5. The van der Waals surface area contributed by atoms with Crippen LogP contribution in [-0.4, -0.2) is 32.7 Å². The molecule has 7 heteroatoms. The standard InChI is InChI=1S/C19H20ClNO5/c1-24-16-9-13(10-17(11-16)25-2)3-8-19(23)26-12-18(22)21-15-6-4-14(20)5-7-15/h4-7,9-11H,3,8,12H2,1-2H3,(H,21,22). The lowest BCUT2D eigenvalue weighted by molar-refractivity contribution is -0.147. The molecule has 0 aromatic heterocycles. The maximum atomic E-state index is 11.8. The largest absolute Gasteiger partial charge is 0.497 e. The molecular weight excluding hydrogens is 358 g/mol. The molecule has 0 spiro atoms. The van der Waals surface area contributed by atoms with Gasteiger partial charge < -0.3 is 19.5 Å². The maximum absolute atomic E-state index is 11.8. The quantitative estimate of drug-likeness (QED) is 0.713. The Morgan fingerprint density at radius 3 is 2.19 bits per heavy atom. The van der Waals surface area contributed by atoms with Gasteiger partial charge >= 0.3 is 5.97 Å². The first-order valence-electron chi connectivity index (χ1n) is 7.93. The topological polar surface area (TPSA) is 73.9 Å². The minimum Gasteiger partial charge on any atom is -0.497 e. The molecule has 0 aliphatic rings. The molecule has 138 valence electrons. The first-order valence-corrected chi connectivity index (χ1v) is 8.31. The molecule has 1 amide bonds. The van der Waals surface area contributed by atoms with Crippen LogP contribution in [0.2, 0.25) is 5.02 Å². The van der Waals surface area contributed by atoms with Gasteiger partial charge in [-0.1, -0.05) is 11.6 Å². The molecule has 2 aromatic rings. The molecule has 2 rings (SSSR count). The van der Waals surface area contributed by atoms with Gasteiger partial charge in [0.15, 0.2) is 6.61 Å². The number of amides is 1. The molecule has 0 saturated heterocycles. The van der Waals surface area contributed by atoms with Crippen LogP contribution in [0.15, 0.2) is 42.5 Å². The van der Waals surface area contributed by atoms with Gasteiger partial charge in [-0.2, -0.15) is 0 Å². The van der Waals surface area contributed by atoms with E-state index >= 15 is 0 Å². The minimum absolute atomic E-state index is 0.143. The Kier molecular flexibility index (Phi) is 7.29. The number of rotatable bonds is 8. The van der Waals surface area contributed by atoms with Crippen molar-refractivity contribution < 1.29 is 23.8 Å². The van der Waals surface area contributed by atoms with Crippen LogP contribution in [0.5, 0.6) is 11.5 Å². The summed E-state index contributed by atoms with van der Waals surface area (Å²) in [5, 5.41) is 3.19. The normalized spacial score (nSPS) is 10.1. The highest BCUT2D eigenvalue weighted by molar-refractivity contribution is 6.30. The van der Waals surface area contributed by atoms with E-state index in [-0.39, 0.29) is 13.0 Å². The van der Waals surface area contributed by atoms with E-state index in [9.17, 15) is 9.59 Å². The van der Waals surface area contributed by atoms with Crippen molar-refractivity contribution in [3.05, 3.63) is 53.1 Å². The van der Waals surface area contributed by atoms with E-state index in [1.807, 2.05) is 12.1 Å². The summed E-state index contributed by atoms with van der Waals surface area (Å²) in [7, 11) is 3.12. The number of esters is 1. The molecule has 0 bridgehead atoms. The molecule has 0 unspecified atom stereocenters. The number of benzene rings is 2. The van der Waals surface area contributed by atoms with Gasteiger partial charge in [-0.15, -0.1) is 0 Å². The van der Waals surface area contributed by atoms with E-state index in [2.05, 4.69) is 5.32 Å². The third kappa shape index (κ3) is 6.29. The van der Waals surface area contributed by atoms with Crippen LogP contribution in [0, 0.1) is 0 Å². The zero-order valence-corrected chi connectivity index (χ0v) is 15.3. The van der Waals surface area contributed by atoms with Gasteiger partial charge in [0.25, 0.3) is 5.91 Å². The molecule has 0 aliphatic carbocycles. The van der Waals surface area contributed by atoms with E-state index in [4.69, 9.17) is 25.8 Å². The van der Waals surface area contributed by atoms with E-state index in [0.717, 1.165) is 5.56 Å². The van der Waals surface area contributed by atoms with Crippen molar-refractivity contribution in [3.63, 3.8) is 0 Å². The monoisotopic (exact) mass is 377 g/mol.